The van der Waals surface area contributed by atoms with Gasteiger partial charge in [0.1, 0.15) is 0 Å². The third-order valence-electron chi connectivity index (χ3n) is 10.6. The summed E-state index contributed by atoms with van der Waals surface area (Å²) in [6, 6.07) is 75.5. The Kier molecular flexibility index (Phi) is 7.25. The first-order valence-corrected chi connectivity index (χ1v) is 18.0. The molecule has 0 saturated carbocycles. The van der Waals surface area contributed by atoms with Gasteiger partial charge in [-0.05, 0) is 117 Å². The molecule has 52 heavy (non-hydrogen) atoms. The van der Waals surface area contributed by atoms with E-state index in [1.54, 1.807) is 0 Å². The van der Waals surface area contributed by atoms with Crippen LogP contribution in [0.25, 0.3) is 98.7 Å². The van der Waals surface area contributed by atoms with Gasteiger partial charge < -0.3 is 0 Å². The molecule has 0 amide bonds. The molecule has 10 rings (SSSR count). The molecule has 0 fully saturated rings. The van der Waals surface area contributed by atoms with E-state index in [1.807, 2.05) is 0 Å². The van der Waals surface area contributed by atoms with Crippen LogP contribution in [0.1, 0.15) is 0 Å². The monoisotopic (exact) mass is 658 g/mol. The lowest BCUT2D eigenvalue weighted by molar-refractivity contribution is 1.60. The van der Waals surface area contributed by atoms with E-state index in [0.717, 1.165) is 0 Å². The van der Waals surface area contributed by atoms with E-state index in [9.17, 15) is 0 Å². The molecule has 10 aromatic rings. The standard InChI is InChI=1S/C52H34/c1-3-14-35(15-4-1)38-18-13-19-39(32-38)40-28-26-36-27-29-41(34-42(36)33-40)51-46-22-9-11-24-48(46)52(49-25-12-10-23-47(49)51)50-31-30-43(37-16-5-2-6-17-37)44-20-7-8-21-45(44)50/h1-34H. The number of hydrogen-bond donors (Lipinski definition) is 0. The molecule has 0 saturated heterocycles. The minimum absolute atomic E-state index is 1.22. The van der Waals surface area contributed by atoms with Gasteiger partial charge in [-0.2, -0.15) is 0 Å². The molecule has 0 aliphatic carbocycles. The molecule has 10 aromatic carbocycles. The van der Waals surface area contributed by atoms with Gasteiger partial charge >= 0.3 is 0 Å². The minimum Gasteiger partial charge on any atom is -0.0622 e. The van der Waals surface area contributed by atoms with Gasteiger partial charge in [0, 0.05) is 0 Å². The highest BCUT2D eigenvalue weighted by Crippen LogP contribution is 2.46. The molecule has 0 radical (unpaired) electrons. The molecule has 0 aliphatic rings. The second kappa shape index (κ2) is 12.5. The Bertz CT molecular complexity index is 2880. The zero-order valence-electron chi connectivity index (χ0n) is 28.6. The van der Waals surface area contributed by atoms with E-state index in [0.29, 0.717) is 0 Å². The first-order chi connectivity index (χ1) is 25.8. The molecule has 0 heterocycles. The maximum absolute atomic E-state index is 2.39. The van der Waals surface area contributed by atoms with Crippen LogP contribution in [0.15, 0.2) is 206 Å². The van der Waals surface area contributed by atoms with Gasteiger partial charge in [0.2, 0.25) is 0 Å². The number of benzene rings is 10. The first-order valence-electron chi connectivity index (χ1n) is 18.0. The summed E-state index contributed by atoms with van der Waals surface area (Å²) in [6.07, 6.45) is 0. The van der Waals surface area contributed by atoms with Gasteiger partial charge in [-0.15, -0.1) is 0 Å². The SMILES string of the molecule is c1ccc(-c2cccc(-c3ccc4ccc(-c5c6ccccc6c(-c6ccc(-c7ccccc7)c7ccccc67)c6ccccc56)cc4c3)c2)cc1. The molecular weight excluding hydrogens is 625 g/mol. The molecule has 0 bridgehead atoms. The largest absolute Gasteiger partial charge is 0.0622 e. The van der Waals surface area contributed by atoms with Crippen molar-refractivity contribution in [3.63, 3.8) is 0 Å². The molecule has 0 N–H and O–H groups in total. The Balaban J connectivity index is 1.17. The summed E-state index contributed by atoms with van der Waals surface area (Å²) in [5.41, 5.74) is 12.4. The third kappa shape index (κ3) is 5.08. The predicted octanol–water partition coefficient (Wildman–Crippen LogP) is 14.6. The second-order valence-corrected chi connectivity index (χ2v) is 13.6. The van der Waals surface area contributed by atoms with Crippen molar-refractivity contribution in [2.45, 2.75) is 0 Å². The van der Waals surface area contributed by atoms with E-state index in [-0.39, 0.29) is 0 Å². The van der Waals surface area contributed by atoms with Crippen LogP contribution in [-0.2, 0) is 0 Å². The highest BCUT2D eigenvalue weighted by molar-refractivity contribution is 6.24. The summed E-state index contributed by atoms with van der Waals surface area (Å²) >= 11 is 0. The van der Waals surface area contributed by atoms with E-state index >= 15 is 0 Å². The smallest absolute Gasteiger partial charge is 0.00201 e. The predicted molar refractivity (Wildman–Crippen MR) is 224 cm³/mol. The fourth-order valence-corrected chi connectivity index (χ4v) is 8.21. The highest BCUT2D eigenvalue weighted by Gasteiger charge is 2.19. The topological polar surface area (TPSA) is 0 Å². The maximum Gasteiger partial charge on any atom is -0.00201 e. The van der Waals surface area contributed by atoms with E-state index in [1.165, 1.54) is 98.7 Å². The minimum atomic E-state index is 1.22. The van der Waals surface area contributed by atoms with E-state index < -0.39 is 0 Å². The number of rotatable bonds is 5. The zero-order chi connectivity index (χ0) is 34.4. The van der Waals surface area contributed by atoms with Crippen LogP contribution in [-0.4, -0.2) is 0 Å². The Morgan fingerprint density at radius 1 is 0.192 bits per heavy atom. The molecule has 0 spiro atoms. The summed E-state index contributed by atoms with van der Waals surface area (Å²) in [6.45, 7) is 0. The molecule has 0 heteroatoms. The molecule has 242 valence electrons. The summed E-state index contributed by atoms with van der Waals surface area (Å²) in [4.78, 5) is 0. The Labute approximate surface area is 303 Å². The highest BCUT2D eigenvalue weighted by atomic mass is 14.2. The third-order valence-corrected chi connectivity index (χ3v) is 10.6. The van der Waals surface area contributed by atoms with Crippen molar-refractivity contribution >= 4 is 43.1 Å². The second-order valence-electron chi connectivity index (χ2n) is 13.6. The van der Waals surface area contributed by atoms with Crippen LogP contribution in [0.2, 0.25) is 0 Å². The molecule has 0 aromatic heterocycles. The Morgan fingerprint density at radius 2 is 0.615 bits per heavy atom. The lowest BCUT2D eigenvalue weighted by Gasteiger charge is -2.20. The summed E-state index contributed by atoms with van der Waals surface area (Å²) in [5.74, 6) is 0. The average molecular weight is 659 g/mol. The fraction of sp³-hybridized carbons (Fsp3) is 0. The van der Waals surface area contributed by atoms with E-state index in [4.69, 9.17) is 0 Å². The fourth-order valence-electron chi connectivity index (χ4n) is 8.21. The van der Waals surface area contributed by atoms with Gasteiger partial charge in [-0.25, -0.2) is 0 Å². The molecule has 0 aliphatic heterocycles. The van der Waals surface area contributed by atoms with Crippen molar-refractivity contribution in [2.24, 2.45) is 0 Å². The van der Waals surface area contributed by atoms with Gasteiger partial charge in [0.25, 0.3) is 0 Å². The number of fused-ring (bicyclic) bond motifs is 4. The summed E-state index contributed by atoms with van der Waals surface area (Å²) in [5, 5.41) is 10.1. The van der Waals surface area contributed by atoms with Crippen molar-refractivity contribution in [3.8, 4) is 55.6 Å². The number of hydrogen-bond acceptors (Lipinski definition) is 0. The van der Waals surface area contributed by atoms with Crippen molar-refractivity contribution in [2.75, 3.05) is 0 Å². The Morgan fingerprint density at radius 3 is 1.25 bits per heavy atom. The maximum atomic E-state index is 2.39. The normalized spacial score (nSPS) is 11.5. The van der Waals surface area contributed by atoms with Crippen molar-refractivity contribution in [1.29, 1.82) is 0 Å². The first kappa shape index (κ1) is 30.1. The van der Waals surface area contributed by atoms with E-state index in [2.05, 4.69) is 206 Å². The molecular formula is C52H34. The quantitative estimate of drug-likeness (QED) is 0.161. The van der Waals surface area contributed by atoms with Crippen LogP contribution >= 0.6 is 0 Å². The molecule has 0 atom stereocenters. The van der Waals surface area contributed by atoms with Crippen molar-refractivity contribution in [3.05, 3.63) is 206 Å². The van der Waals surface area contributed by atoms with Crippen LogP contribution in [0.4, 0.5) is 0 Å². The summed E-state index contributed by atoms with van der Waals surface area (Å²) in [7, 11) is 0. The van der Waals surface area contributed by atoms with Crippen molar-refractivity contribution < 1.29 is 0 Å². The van der Waals surface area contributed by atoms with Gasteiger partial charge in [0.05, 0.1) is 0 Å². The van der Waals surface area contributed by atoms with Gasteiger partial charge in [-0.1, -0.05) is 188 Å². The van der Waals surface area contributed by atoms with Crippen LogP contribution in [0.3, 0.4) is 0 Å². The van der Waals surface area contributed by atoms with Crippen LogP contribution in [0.5, 0.6) is 0 Å². The van der Waals surface area contributed by atoms with Crippen LogP contribution in [0, 0.1) is 0 Å². The lowest BCUT2D eigenvalue weighted by atomic mass is 9.83. The summed E-state index contributed by atoms with van der Waals surface area (Å²) < 4.78 is 0. The Hall–Kier alpha value is -6.76. The van der Waals surface area contributed by atoms with Crippen LogP contribution < -0.4 is 0 Å². The average Bonchev–Trinajstić information content (AvgIpc) is 3.23. The molecule has 0 nitrogen and oxygen atoms in total. The zero-order valence-corrected chi connectivity index (χ0v) is 28.6. The lowest BCUT2D eigenvalue weighted by Crippen LogP contribution is -1.92. The van der Waals surface area contributed by atoms with Gasteiger partial charge in [0.15, 0.2) is 0 Å². The van der Waals surface area contributed by atoms with Crippen molar-refractivity contribution in [1.82, 2.24) is 0 Å². The molecule has 0 unspecified atom stereocenters. The van der Waals surface area contributed by atoms with Gasteiger partial charge in [-0.3, -0.25) is 0 Å².